The van der Waals surface area contributed by atoms with E-state index < -0.39 is 0 Å². The van der Waals surface area contributed by atoms with Crippen LogP contribution < -0.4 is 5.73 Å². The molecular formula is C16H19N3O. The third kappa shape index (κ3) is 3.35. The summed E-state index contributed by atoms with van der Waals surface area (Å²) < 4.78 is 0. The second kappa shape index (κ2) is 6.19. The molecule has 0 atom stereocenters. The lowest BCUT2D eigenvalue weighted by molar-refractivity contribution is 0.0785. The Balaban J connectivity index is 2.16. The Kier molecular flexibility index (Phi) is 4.35. The van der Waals surface area contributed by atoms with Crippen molar-refractivity contribution in [2.45, 2.75) is 19.9 Å². The molecule has 2 rings (SSSR count). The van der Waals surface area contributed by atoms with E-state index >= 15 is 0 Å². The predicted molar refractivity (Wildman–Crippen MR) is 80.3 cm³/mol. The summed E-state index contributed by atoms with van der Waals surface area (Å²) in [7, 11) is 1.79. The zero-order chi connectivity index (χ0) is 14.5. The molecule has 0 bridgehead atoms. The van der Waals surface area contributed by atoms with Crippen LogP contribution in [0.25, 0.3) is 0 Å². The lowest BCUT2D eigenvalue weighted by Crippen LogP contribution is -2.26. The quantitative estimate of drug-likeness (QED) is 0.927. The molecule has 0 aliphatic rings. The number of nitrogens with zero attached hydrogens (tertiary/aromatic N) is 2. The minimum Gasteiger partial charge on any atom is -0.384 e. The monoisotopic (exact) mass is 269 g/mol. The Morgan fingerprint density at radius 3 is 2.60 bits per heavy atom. The Morgan fingerprint density at radius 2 is 1.95 bits per heavy atom. The van der Waals surface area contributed by atoms with Gasteiger partial charge in [0.1, 0.15) is 5.82 Å². The first-order valence-corrected chi connectivity index (χ1v) is 6.66. The van der Waals surface area contributed by atoms with E-state index in [1.807, 2.05) is 37.3 Å². The van der Waals surface area contributed by atoms with Crippen LogP contribution in [-0.4, -0.2) is 22.8 Å². The van der Waals surface area contributed by atoms with Crippen LogP contribution in [0.5, 0.6) is 0 Å². The lowest BCUT2D eigenvalue weighted by atomic mass is 10.1. The summed E-state index contributed by atoms with van der Waals surface area (Å²) in [5, 5.41) is 0. The Bertz CT molecular complexity index is 596. The minimum absolute atomic E-state index is 0.0438. The molecule has 0 unspecified atom stereocenters. The molecule has 0 saturated carbocycles. The van der Waals surface area contributed by atoms with E-state index in [-0.39, 0.29) is 5.91 Å². The van der Waals surface area contributed by atoms with E-state index in [9.17, 15) is 4.79 Å². The van der Waals surface area contributed by atoms with Gasteiger partial charge >= 0.3 is 0 Å². The molecule has 104 valence electrons. The number of rotatable bonds is 4. The van der Waals surface area contributed by atoms with Gasteiger partial charge in [-0.25, -0.2) is 4.98 Å². The van der Waals surface area contributed by atoms with E-state index in [1.165, 1.54) is 0 Å². The van der Waals surface area contributed by atoms with Gasteiger partial charge in [-0.2, -0.15) is 0 Å². The molecular weight excluding hydrogens is 250 g/mol. The van der Waals surface area contributed by atoms with Gasteiger partial charge in [0, 0.05) is 24.8 Å². The van der Waals surface area contributed by atoms with E-state index in [2.05, 4.69) is 4.98 Å². The Labute approximate surface area is 119 Å². The third-order valence-corrected chi connectivity index (χ3v) is 3.12. The van der Waals surface area contributed by atoms with Gasteiger partial charge in [0.15, 0.2) is 0 Å². The number of amides is 1. The molecule has 0 spiro atoms. The summed E-state index contributed by atoms with van der Waals surface area (Å²) in [6.45, 7) is 2.56. The molecule has 4 nitrogen and oxygen atoms in total. The van der Waals surface area contributed by atoms with Crippen molar-refractivity contribution >= 4 is 11.7 Å². The van der Waals surface area contributed by atoms with E-state index in [0.29, 0.717) is 17.9 Å². The number of aryl methyl sites for hydroxylation is 1. The average molecular weight is 269 g/mol. The van der Waals surface area contributed by atoms with Crippen LogP contribution in [0.4, 0.5) is 5.82 Å². The molecule has 1 aromatic carbocycles. The van der Waals surface area contributed by atoms with Crippen molar-refractivity contribution in [3.05, 3.63) is 59.3 Å². The maximum atomic E-state index is 12.4. The maximum Gasteiger partial charge on any atom is 0.254 e. The highest BCUT2D eigenvalue weighted by Gasteiger charge is 2.13. The Hall–Kier alpha value is -2.36. The summed E-state index contributed by atoms with van der Waals surface area (Å²) in [5.74, 6) is 0.346. The number of carbonyl (C=O) groups excluding carboxylic acids is 1. The zero-order valence-corrected chi connectivity index (χ0v) is 11.8. The number of anilines is 1. The van der Waals surface area contributed by atoms with Crippen LogP contribution >= 0.6 is 0 Å². The molecule has 0 saturated heterocycles. The summed E-state index contributed by atoms with van der Waals surface area (Å²) >= 11 is 0. The number of carbonyl (C=O) groups is 1. The predicted octanol–water partition coefficient (Wildman–Crippen LogP) is 2.50. The standard InChI is InChI=1S/C16H19N3O/c1-3-14-9-13(10-15(17)18-14)16(20)19(2)11-12-7-5-4-6-8-12/h4-10H,3,11H2,1-2H3,(H2,17,18). The molecule has 0 aliphatic heterocycles. The van der Waals surface area contributed by atoms with Crippen molar-refractivity contribution in [1.82, 2.24) is 9.88 Å². The number of hydrogen-bond donors (Lipinski definition) is 1. The van der Waals surface area contributed by atoms with Crippen LogP contribution in [0.1, 0.15) is 28.5 Å². The summed E-state index contributed by atoms with van der Waals surface area (Å²) in [6, 6.07) is 13.3. The summed E-state index contributed by atoms with van der Waals surface area (Å²) in [5.41, 5.74) is 8.27. The van der Waals surface area contributed by atoms with Gasteiger partial charge in [-0.3, -0.25) is 4.79 Å². The fraction of sp³-hybridized carbons (Fsp3) is 0.250. The van der Waals surface area contributed by atoms with E-state index in [4.69, 9.17) is 5.73 Å². The molecule has 1 heterocycles. The maximum absolute atomic E-state index is 12.4. The van der Waals surface area contributed by atoms with Crippen molar-refractivity contribution in [2.75, 3.05) is 12.8 Å². The normalized spacial score (nSPS) is 10.3. The molecule has 2 N–H and O–H groups in total. The highest BCUT2D eigenvalue weighted by atomic mass is 16.2. The van der Waals surface area contributed by atoms with Gasteiger partial charge in [0.25, 0.3) is 5.91 Å². The molecule has 4 heteroatoms. The molecule has 0 aliphatic carbocycles. The first-order valence-electron chi connectivity index (χ1n) is 6.66. The Morgan fingerprint density at radius 1 is 1.25 bits per heavy atom. The molecule has 2 aromatic rings. The number of aromatic nitrogens is 1. The van der Waals surface area contributed by atoms with Crippen molar-refractivity contribution in [3.8, 4) is 0 Å². The zero-order valence-electron chi connectivity index (χ0n) is 11.8. The molecule has 0 radical (unpaired) electrons. The van der Waals surface area contributed by atoms with Crippen LogP contribution in [0.15, 0.2) is 42.5 Å². The van der Waals surface area contributed by atoms with Crippen molar-refractivity contribution in [3.63, 3.8) is 0 Å². The second-order valence-corrected chi connectivity index (χ2v) is 4.77. The number of nitrogens with two attached hydrogens (primary N) is 1. The highest BCUT2D eigenvalue weighted by Crippen LogP contribution is 2.12. The van der Waals surface area contributed by atoms with Gasteiger partial charge in [-0.15, -0.1) is 0 Å². The average Bonchev–Trinajstić information content (AvgIpc) is 2.46. The van der Waals surface area contributed by atoms with Crippen LogP contribution in [0.3, 0.4) is 0 Å². The first-order chi connectivity index (χ1) is 9.60. The van der Waals surface area contributed by atoms with Crippen LogP contribution in [0.2, 0.25) is 0 Å². The van der Waals surface area contributed by atoms with Gasteiger partial charge < -0.3 is 10.6 Å². The lowest BCUT2D eigenvalue weighted by Gasteiger charge is -2.18. The molecule has 1 aromatic heterocycles. The summed E-state index contributed by atoms with van der Waals surface area (Å²) in [4.78, 5) is 18.3. The fourth-order valence-electron chi connectivity index (χ4n) is 2.06. The van der Waals surface area contributed by atoms with Gasteiger partial charge in [0.2, 0.25) is 0 Å². The SMILES string of the molecule is CCc1cc(C(=O)N(C)Cc2ccccc2)cc(N)n1. The molecule has 20 heavy (non-hydrogen) atoms. The molecule has 1 amide bonds. The van der Waals surface area contributed by atoms with Gasteiger partial charge in [0.05, 0.1) is 0 Å². The highest BCUT2D eigenvalue weighted by molar-refractivity contribution is 5.94. The minimum atomic E-state index is -0.0438. The van der Waals surface area contributed by atoms with Gasteiger partial charge in [-0.1, -0.05) is 37.3 Å². The van der Waals surface area contributed by atoms with Crippen molar-refractivity contribution in [1.29, 1.82) is 0 Å². The van der Waals surface area contributed by atoms with Crippen molar-refractivity contribution < 1.29 is 4.79 Å². The van der Waals surface area contributed by atoms with Crippen molar-refractivity contribution in [2.24, 2.45) is 0 Å². The molecule has 0 fully saturated rings. The smallest absolute Gasteiger partial charge is 0.254 e. The summed E-state index contributed by atoms with van der Waals surface area (Å²) in [6.07, 6.45) is 0.758. The number of pyridine rings is 1. The second-order valence-electron chi connectivity index (χ2n) is 4.77. The van der Waals surface area contributed by atoms with Gasteiger partial charge in [-0.05, 0) is 24.1 Å². The van der Waals surface area contributed by atoms with E-state index in [1.54, 1.807) is 24.1 Å². The fourth-order valence-corrected chi connectivity index (χ4v) is 2.06. The largest absolute Gasteiger partial charge is 0.384 e. The third-order valence-electron chi connectivity index (χ3n) is 3.12. The van der Waals surface area contributed by atoms with Crippen LogP contribution in [-0.2, 0) is 13.0 Å². The van der Waals surface area contributed by atoms with Crippen LogP contribution in [0, 0.1) is 0 Å². The number of hydrogen-bond acceptors (Lipinski definition) is 3. The van der Waals surface area contributed by atoms with E-state index in [0.717, 1.165) is 17.7 Å². The number of benzene rings is 1. The topological polar surface area (TPSA) is 59.2 Å². The first kappa shape index (κ1) is 14.1. The number of nitrogen functional groups attached to an aromatic ring is 1.